The summed E-state index contributed by atoms with van der Waals surface area (Å²) < 4.78 is 15.7. The molecule has 0 aromatic carbocycles. The van der Waals surface area contributed by atoms with Crippen molar-refractivity contribution in [2.75, 3.05) is 0 Å². The summed E-state index contributed by atoms with van der Waals surface area (Å²) in [6.07, 6.45) is -0.620. The normalized spacial score (nSPS) is 29.8. The van der Waals surface area contributed by atoms with Crippen molar-refractivity contribution in [2.45, 2.75) is 77.5 Å². The maximum Gasteiger partial charge on any atom is 0.306 e. The Hall–Kier alpha value is -1.14. The Bertz CT molecular complexity index is 300. The monoisotopic (exact) mass is 288 g/mol. The van der Waals surface area contributed by atoms with Gasteiger partial charge in [-0.25, -0.2) is 0 Å². The first-order valence-corrected chi connectivity index (χ1v) is 7.20. The third-order valence-corrected chi connectivity index (χ3v) is 3.13. The number of aliphatic hydroxyl groups excluding tert-OH is 1. The highest BCUT2D eigenvalue weighted by molar-refractivity contribution is 5.70. The number of carbonyl (C=O) groups is 2. The molecule has 0 spiro atoms. The van der Waals surface area contributed by atoms with Crippen LogP contribution in [-0.2, 0) is 23.8 Å². The lowest BCUT2D eigenvalue weighted by Gasteiger charge is -2.36. The van der Waals surface area contributed by atoms with Crippen LogP contribution in [0.3, 0.4) is 0 Å². The smallest absolute Gasteiger partial charge is 0.306 e. The van der Waals surface area contributed by atoms with E-state index in [1.165, 1.54) is 0 Å². The van der Waals surface area contributed by atoms with E-state index >= 15 is 0 Å². The van der Waals surface area contributed by atoms with Gasteiger partial charge < -0.3 is 19.3 Å². The molecule has 0 saturated carbocycles. The second kappa shape index (κ2) is 8.21. The number of hydrogen-bond donors (Lipinski definition) is 1. The van der Waals surface area contributed by atoms with Gasteiger partial charge in [0.25, 0.3) is 0 Å². The van der Waals surface area contributed by atoms with Crippen LogP contribution in [0.5, 0.6) is 0 Å². The first kappa shape index (κ1) is 16.9. The van der Waals surface area contributed by atoms with Gasteiger partial charge in [-0.2, -0.15) is 0 Å². The van der Waals surface area contributed by atoms with Gasteiger partial charge in [-0.1, -0.05) is 13.8 Å². The van der Waals surface area contributed by atoms with E-state index in [-0.39, 0.29) is 18.4 Å². The van der Waals surface area contributed by atoms with E-state index in [9.17, 15) is 14.7 Å². The van der Waals surface area contributed by atoms with Crippen molar-refractivity contribution in [3.8, 4) is 0 Å². The Morgan fingerprint density at radius 3 is 2.10 bits per heavy atom. The fraction of sp³-hybridized carbons (Fsp3) is 0.857. The minimum absolute atomic E-state index is 0.257. The van der Waals surface area contributed by atoms with Gasteiger partial charge in [0.05, 0.1) is 6.10 Å². The average molecular weight is 288 g/mol. The molecule has 0 aromatic heterocycles. The minimum atomic E-state index is -1.17. The van der Waals surface area contributed by atoms with E-state index in [1.807, 2.05) is 13.8 Å². The summed E-state index contributed by atoms with van der Waals surface area (Å²) in [6.45, 7) is 5.48. The molecular weight excluding hydrogens is 264 g/mol. The van der Waals surface area contributed by atoms with Gasteiger partial charge in [0.1, 0.15) is 6.10 Å². The molecule has 0 aromatic rings. The standard InChI is InChI=1S/C14H24O6/c1-4-6-12(15)19-10-8-11(14(17)18-9(10)3)20-13(16)7-5-2/h9-11,14,17H,4-8H2,1-3H3/t9-,10-,11-,14?/m0/s1. The summed E-state index contributed by atoms with van der Waals surface area (Å²) in [7, 11) is 0. The molecule has 4 atom stereocenters. The van der Waals surface area contributed by atoms with E-state index in [4.69, 9.17) is 14.2 Å². The summed E-state index contributed by atoms with van der Waals surface area (Å²) in [5.41, 5.74) is 0. The molecule has 1 unspecified atom stereocenters. The van der Waals surface area contributed by atoms with Crippen LogP contribution < -0.4 is 0 Å². The molecule has 1 rings (SSSR count). The number of aliphatic hydroxyl groups is 1. The number of carbonyl (C=O) groups excluding carboxylic acids is 2. The third-order valence-electron chi connectivity index (χ3n) is 3.13. The number of esters is 2. The van der Waals surface area contributed by atoms with Crippen LogP contribution in [0.25, 0.3) is 0 Å². The highest BCUT2D eigenvalue weighted by Crippen LogP contribution is 2.24. The van der Waals surface area contributed by atoms with Crippen molar-refractivity contribution in [1.82, 2.24) is 0 Å². The molecule has 1 aliphatic rings. The molecule has 0 radical (unpaired) electrons. The zero-order chi connectivity index (χ0) is 15.1. The molecule has 116 valence electrons. The fourth-order valence-corrected chi connectivity index (χ4v) is 2.05. The van der Waals surface area contributed by atoms with Crippen LogP contribution in [0.4, 0.5) is 0 Å². The van der Waals surface area contributed by atoms with Crippen LogP contribution in [-0.4, -0.2) is 41.6 Å². The molecule has 20 heavy (non-hydrogen) atoms. The van der Waals surface area contributed by atoms with E-state index in [2.05, 4.69) is 0 Å². The van der Waals surface area contributed by atoms with Crippen LogP contribution in [0.2, 0.25) is 0 Å². The Balaban J connectivity index is 2.55. The summed E-state index contributed by atoms with van der Waals surface area (Å²) >= 11 is 0. The quantitative estimate of drug-likeness (QED) is 0.746. The highest BCUT2D eigenvalue weighted by atomic mass is 16.7. The highest BCUT2D eigenvalue weighted by Gasteiger charge is 2.39. The van der Waals surface area contributed by atoms with Gasteiger partial charge in [0.15, 0.2) is 12.4 Å². The predicted molar refractivity (Wildman–Crippen MR) is 70.7 cm³/mol. The number of ether oxygens (including phenoxy) is 3. The molecule has 0 bridgehead atoms. The van der Waals surface area contributed by atoms with Crippen LogP contribution in [0, 0.1) is 0 Å². The maximum absolute atomic E-state index is 11.5. The zero-order valence-corrected chi connectivity index (χ0v) is 12.3. The van der Waals surface area contributed by atoms with E-state index in [0.717, 1.165) is 0 Å². The first-order valence-electron chi connectivity index (χ1n) is 7.20. The van der Waals surface area contributed by atoms with Gasteiger partial charge in [-0.05, 0) is 19.8 Å². The third kappa shape index (κ3) is 5.09. The lowest BCUT2D eigenvalue weighted by atomic mass is 10.0. The van der Waals surface area contributed by atoms with Crippen molar-refractivity contribution in [3.63, 3.8) is 0 Å². The van der Waals surface area contributed by atoms with E-state index in [0.29, 0.717) is 25.7 Å². The van der Waals surface area contributed by atoms with Crippen molar-refractivity contribution in [3.05, 3.63) is 0 Å². The van der Waals surface area contributed by atoms with Crippen LogP contribution in [0.15, 0.2) is 0 Å². The SMILES string of the molecule is CCCC(=O)O[C@H]1C[C@H](OC(=O)CCC)[C@H](C)OC1O. The fourth-order valence-electron chi connectivity index (χ4n) is 2.05. The molecule has 1 saturated heterocycles. The lowest BCUT2D eigenvalue weighted by Crippen LogP contribution is -2.49. The Kier molecular flexibility index (Phi) is 6.95. The molecule has 0 amide bonds. The summed E-state index contributed by atoms with van der Waals surface area (Å²) in [6, 6.07) is 0. The Labute approximate surface area is 119 Å². The number of rotatable bonds is 6. The zero-order valence-electron chi connectivity index (χ0n) is 12.3. The largest absolute Gasteiger partial charge is 0.459 e. The molecule has 6 heteroatoms. The van der Waals surface area contributed by atoms with Crippen LogP contribution >= 0.6 is 0 Å². The molecule has 6 nitrogen and oxygen atoms in total. The Morgan fingerprint density at radius 2 is 1.60 bits per heavy atom. The molecule has 1 N–H and O–H groups in total. The van der Waals surface area contributed by atoms with Gasteiger partial charge >= 0.3 is 11.9 Å². The summed E-state index contributed by atoms with van der Waals surface area (Å²) in [5, 5.41) is 9.77. The topological polar surface area (TPSA) is 82.1 Å². The second-order valence-electron chi connectivity index (χ2n) is 5.02. The molecule has 1 heterocycles. The molecule has 1 fully saturated rings. The van der Waals surface area contributed by atoms with Gasteiger partial charge in [-0.3, -0.25) is 9.59 Å². The number of hydrogen-bond acceptors (Lipinski definition) is 6. The van der Waals surface area contributed by atoms with Crippen molar-refractivity contribution in [1.29, 1.82) is 0 Å². The van der Waals surface area contributed by atoms with E-state index < -0.39 is 24.6 Å². The molecular formula is C14H24O6. The van der Waals surface area contributed by atoms with Gasteiger partial charge in [-0.15, -0.1) is 0 Å². The minimum Gasteiger partial charge on any atom is -0.459 e. The first-order chi connectivity index (χ1) is 9.47. The van der Waals surface area contributed by atoms with Gasteiger partial charge in [0.2, 0.25) is 0 Å². The van der Waals surface area contributed by atoms with E-state index in [1.54, 1.807) is 6.92 Å². The molecule has 0 aliphatic carbocycles. The van der Waals surface area contributed by atoms with Crippen molar-refractivity contribution >= 4 is 11.9 Å². The Morgan fingerprint density at radius 1 is 1.10 bits per heavy atom. The van der Waals surface area contributed by atoms with Crippen molar-refractivity contribution in [2.24, 2.45) is 0 Å². The van der Waals surface area contributed by atoms with Crippen LogP contribution in [0.1, 0.15) is 52.9 Å². The molecule has 1 aliphatic heterocycles. The predicted octanol–water partition coefficient (Wildman–Crippen LogP) is 1.54. The summed E-state index contributed by atoms with van der Waals surface area (Å²) in [4.78, 5) is 23.0. The summed E-state index contributed by atoms with van der Waals surface area (Å²) in [5.74, 6) is -0.684. The maximum atomic E-state index is 11.5. The second-order valence-corrected chi connectivity index (χ2v) is 5.02. The van der Waals surface area contributed by atoms with Crippen molar-refractivity contribution < 1.29 is 28.9 Å². The van der Waals surface area contributed by atoms with Gasteiger partial charge in [0, 0.05) is 19.3 Å². The lowest BCUT2D eigenvalue weighted by molar-refractivity contribution is -0.253. The average Bonchev–Trinajstić information content (AvgIpc) is 2.35.